The molecule has 0 aliphatic rings. The van der Waals surface area contributed by atoms with Crippen molar-refractivity contribution in [3.63, 3.8) is 0 Å². The zero-order valence-corrected chi connectivity index (χ0v) is 9.92. The second kappa shape index (κ2) is 4.40. The van der Waals surface area contributed by atoms with Crippen LogP contribution >= 0.6 is 0 Å². The molecule has 6 heteroatoms. The molecule has 0 radical (unpaired) electrons. The summed E-state index contributed by atoms with van der Waals surface area (Å²) in [6.45, 7) is 2.49. The second-order valence-electron chi connectivity index (χ2n) is 3.99. The Hall–Kier alpha value is -2.11. The molecule has 6 nitrogen and oxygen atoms in total. The Morgan fingerprint density at radius 2 is 2.35 bits per heavy atom. The van der Waals surface area contributed by atoms with Gasteiger partial charge in [0.1, 0.15) is 5.82 Å². The van der Waals surface area contributed by atoms with E-state index in [4.69, 9.17) is 5.73 Å². The molecule has 2 aromatic heterocycles. The number of hydrogen-bond acceptors (Lipinski definition) is 4. The normalized spacial score (nSPS) is 10.7. The van der Waals surface area contributed by atoms with Crippen LogP contribution in [0.15, 0.2) is 18.3 Å². The largest absolute Gasteiger partial charge is 0.370 e. The summed E-state index contributed by atoms with van der Waals surface area (Å²) in [5.74, 6) is 0.595. The first kappa shape index (κ1) is 11.4. The molecule has 0 atom stereocenters. The third-order valence-electron chi connectivity index (χ3n) is 2.55. The van der Waals surface area contributed by atoms with Crippen molar-refractivity contribution in [1.29, 1.82) is 0 Å². The molecule has 0 aromatic carbocycles. The molecule has 1 amide bonds. The highest BCUT2D eigenvalue weighted by molar-refractivity contribution is 5.74. The zero-order valence-electron chi connectivity index (χ0n) is 9.92. The zero-order chi connectivity index (χ0) is 12.4. The van der Waals surface area contributed by atoms with Gasteiger partial charge >= 0.3 is 0 Å². The van der Waals surface area contributed by atoms with Gasteiger partial charge in [-0.1, -0.05) is 0 Å². The summed E-state index contributed by atoms with van der Waals surface area (Å²) in [7, 11) is 1.90. The highest BCUT2D eigenvalue weighted by Crippen LogP contribution is 2.15. The number of rotatable bonds is 4. The summed E-state index contributed by atoms with van der Waals surface area (Å²) in [6, 6.07) is 3.78. The molecule has 0 aliphatic carbocycles. The number of aryl methyl sites for hydroxylation is 1. The fourth-order valence-corrected chi connectivity index (χ4v) is 1.68. The first-order valence-corrected chi connectivity index (χ1v) is 5.39. The summed E-state index contributed by atoms with van der Waals surface area (Å²) in [6.07, 6.45) is 2.02. The standard InChI is InChI=1S/C11H15N5O/c1-8-7-11(15(2)6-4-9(12)17)16-10(14-8)3-5-13-16/h3,5,7H,4,6H2,1-2H3,(H2,12,17). The summed E-state index contributed by atoms with van der Waals surface area (Å²) in [5, 5.41) is 4.20. The SMILES string of the molecule is Cc1cc(N(C)CCC(N)=O)n2nccc2n1. The average molecular weight is 233 g/mol. The molecule has 0 saturated heterocycles. The second-order valence-corrected chi connectivity index (χ2v) is 3.99. The average Bonchev–Trinajstić information content (AvgIpc) is 2.72. The Kier molecular flexibility index (Phi) is 2.95. The molecule has 0 saturated carbocycles. The Balaban J connectivity index is 2.33. The number of amides is 1. The van der Waals surface area contributed by atoms with Crippen LogP contribution < -0.4 is 10.6 Å². The Labute approximate surface area is 99.0 Å². The van der Waals surface area contributed by atoms with Gasteiger partial charge in [-0.25, -0.2) is 4.98 Å². The number of anilines is 1. The lowest BCUT2D eigenvalue weighted by atomic mass is 10.3. The molecule has 2 N–H and O–H groups in total. The van der Waals surface area contributed by atoms with Gasteiger partial charge in [0.05, 0.1) is 6.20 Å². The van der Waals surface area contributed by atoms with Crippen molar-refractivity contribution in [2.45, 2.75) is 13.3 Å². The van der Waals surface area contributed by atoms with Crippen LogP contribution in [0.5, 0.6) is 0 Å². The van der Waals surface area contributed by atoms with E-state index >= 15 is 0 Å². The van der Waals surface area contributed by atoms with Gasteiger partial charge in [-0.05, 0) is 6.92 Å². The minimum atomic E-state index is -0.306. The Morgan fingerprint density at radius 3 is 3.06 bits per heavy atom. The summed E-state index contributed by atoms with van der Waals surface area (Å²) in [4.78, 5) is 17.1. The predicted octanol–water partition coefficient (Wildman–Crippen LogP) is 0.349. The summed E-state index contributed by atoms with van der Waals surface area (Å²) < 4.78 is 1.74. The molecule has 2 heterocycles. The molecule has 0 spiro atoms. The van der Waals surface area contributed by atoms with E-state index in [1.165, 1.54) is 0 Å². The van der Waals surface area contributed by atoms with Crippen molar-refractivity contribution in [3.8, 4) is 0 Å². The van der Waals surface area contributed by atoms with Crippen LogP contribution in [0, 0.1) is 6.92 Å². The predicted molar refractivity (Wildman–Crippen MR) is 64.8 cm³/mol. The Bertz CT molecular complexity index is 548. The van der Waals surface area contributed by atoms with E-state index in [-0.39, 0.29) is 5.91 Å². The van der Waals surface area contributed by atoms with E-state index in [0.29, 0.717) is 13.0 Å². The van der Waals surface area contributed by atoms with E-state index in [1.807, 2.05) is 31.0 Å². The van der Waals surface area contributed by atoms with Gasteiger partial charge in [-0.3, -0.25) is 4.79 Å². The molecule has 0 bridgehead atoms. The van der Waals surface area contributed by atoms with Gasteiger partial charge in [0.15, 0.2) is 5.65 Å². The maximum absolute atomic E-state index is 10.8. The molecule has 17 heavy (non-hydrogen) atoms. The fourth-order valence-electron chi connectivity index (χ4n) is 1.68. The number of nitrogens with two attached hydrogens (primary N) is 1. The smallest absolute Gasteiger partial charge is 0.219 e. The van der Waals surface area contributed by atoms with Gasteiger partial charge in [-0.15, -0.1) is 0 Å². The molecular weight excluding hydrogens is 218 g/mol. The van der Waals surface area contributed by atoms with E-state index in [2.05, 4.69) is 10.1 Å². The maximum atomic E-state index is 10.8. The van der Waals surface area contributed by atoms with E-state index in [9.17, 15) is 4.79 Å². The van der Waals surface area contributed by atoms with Crippen molar-refractivity contribution in [1.82, 2.24) is 14.6 Å². The number of hydrogen-bond donors (Lipinski definition) is 1. The lowest BCUT2D eigenvalue weighted by molar-refractivity contribution is -0.117. The fraction of sp³-hybridized carbons (Fsp3) is 0.364. The highest BCUT2D eigenvalue weighted by Gasteiger charge is 2.09. The number of carbonyl (C=O) groups is 1. The number of fused-ring (bicyclic) bond motifs is 1. The summed E-state index contributed by atoms with van der Waals surface area (Å²) in [5.41, 5.74) is 6.85. The maximum Gasteiger partial charge on any atom is 0.219 e. The molecule has 0 unspecified atom stereocenters. The van der Waals surface area contributed by atoms with Crippen molar-refractivity contribution in [2.75, 3.05) is 18.5 Å². The van der Waals surface area contributed by atoms with Crippen LogP contribution in [-0.4, -0.2) is 34.1 Å². The molecule has 0 fully saturated rings. The molecule has 90 valence electrons. The highest BCUT2D eigenvalue weighted by atomic mass is 16.1. The van der Waals surface area contributed by atoms with Crippen LogP contribution in [0.4, 0.5) is 5.82 Å². The molecule has 2 aromatic rings. The van der Waals surface area contributed by atoms with Gasteiger partial charge in [0, 0.05) is 37.8 Å². The first-order valence-electron chi connectivity index (χ1n) is 5.39. The van der Waals surface area contributed by atoms with E-state index < -0.39 is 0 Å². The van der Waals surface area contributed by atoms with Gasteiger partial charge in [0.25, 0.3) is 0 Å². The minimum absolute atomic E-state index is 0.306. The van der Waals surface area contributed by atoms with E-state index in [0.717, 1.165) is 17.2 Å². The van der Waals surface area contributed by atoms with E-state index in [1.54, 1.807) is 10.7 Å². The first-order chi connectivity index (χ1) is 8.08. The lowest BCUT2D eigenvalue weighted by Crippen LogP contribution is -2.26. The monoisotopic (exact) mass is 233 g/mol. The third kappa shape index (κ3) is 2.35. The van der Waals surface area contributed by atoms with Crippen LogP contribution in [0.2, 0.25) is 0 Å². The number of aromatic nitrogens is 3. The van der Waals surface area contributed by atoms with Crippen molar-refractivity contribution in [3.05, 3.63) is 24.0 Å². The van der Waals surface area contributed by atoms with Crippen LogP contribution in [0.25, 0.3) is 5.65 Å². The van der Waals surface area contributed by atoms with Crippen LogP contribution in [-0.2, 0) is 4.79 Å². The van der Waals surface area contributed by atoms with Crippen molar-refractivity contribution < 1.29 is 4.79 Å². The topological polar surface area (TPSA) is 76.5 Å². The Morgan fingerprint density at radius 1 is 1.59 bits per heavy atom. The number of primary amides is 1. The van der Waals surface area contributed by atoms with Crippen LogP contribution in [0.3, 0.4) is 0 Å². The third-order valence-corrected chi connectivity index (χ3v) is 2.55. The van der Waals surface area contributed by atoms with Gasteiger partial charge < -0.3 is 10.6 Å². The molecular formula is C11H15N5O. The minimum Gasteiger partial charge on any atom is -0.370 e. The van der Waals surface area contributed by atoms with Crippen LogP contribution in [0.1, 0.15) is 12.1 Å². The summed E-state index contributed by atoms with van der Waals surface area (Å²) >= 11 is 0. The molecule has 2 rings (SSSR count). The lowest BCUT2D eigenvalue weighted by Gasteiger charge is -2.19. The number of carbonyl (C=O) groups excluding carboxylic acids is 1. The van der Waals surface area contributed by atoms with Gasteiger partial charge in [0.2, 0.25) is 5.91 Å². The molecule has 0 aliphatic heterocycles. The number of nitrogens with zero attached hydrogens (tertiary/aromatic N) is 4. The van der Waals surface area contributed by atoms with Crippen molar-refractivity contribution >= 4 is 17.4 Å². The van der Waals surface area contributed by atoms with Crippen molar-refractivity contribution in [2.24, 2.45) is 5.73 Å². The quantitative estimate of drug-likeness (QED) is 0.826. The van der Waals surface area contributed by atoms with Gasteiger partial charge in [-0.2, -0.15) is 9.61 Å².